The lowest BCUT2D eigenvalue weighted by molar-refractivity contribution is 0.400. The number of hydrogen-bond donors (Lipinski definition) is 0. The molecular formula is C14H21N3. The normalized spacial score (nSPS) is 10.1. The summed E-state index contributed by atoms with van der Waals surface area (Å²) in [5.41, 5.74) is 2.26. The van der Waals surface area contributed by atoms with Gasteiger partial charge in [-0.3, -0.25) is 0 Å². The smallest absolute Gasteiger partial charge is 0.0948 e. The minimum Gasteiger partial charge on any atom is -0.309 e. The Labute approximate surface area is 104 Å². The summed E-state index contributed by atoms with van der Waals surface area (Å²) in [6.07, 6.45) is 2.19. The van der Waals surface area contributed by atoms with Crippen molar-refractivity contribution in [2.24, 2.45) is 9.98 Å². The molecule has 0 saturated heterocycles. The zero-order valence-corrected chi connectivity index (χ0v) is 11.0. The second-order valence-corrected chi connectivity index (χ2v) is 4.22. The van der Waals surface area contributed by atoms with E-state index in [1.54, 1.807) is 0 Å². The number of para-hydroxylation sites is 1. The van der Waals surface area contributed by atoms with Gasteiger partial charge in [-0.25, -0.2) is 4.99 Å². The van der Waals surface area contributed by atoms with Gasteiger partial charge in [0.1, 0.15) is 0 Å². The molecule has 0 aliphatic rings. The predicted octanol–water partition coefficient (Wildman–Crippen LogP) is 3.01. The van der Waals surface area contributed by atoms with Gasteiger partial charge in [-0.2, -0.15) is 4.99 Å². The zero-order valence-electron chi connectivity index (χ0n) is 11.0. The Hall–Kier alpha value is -1.44. The molecule has 0 radical (unpaired) electrons. The van der Waals surface area contributed by atoms with Crippen LogP contribution in [-0.4, -0.2) is 38.1 Å². The van der Waals surface area contributed by atoms with Crippen LogP contribution >= 0.6 is 0 Å². The summed E-state index contributed by atoms with van der Waals surface area (Å²) in [6, 6.07) is 10.9. The van der Waals surface area contributed by atoms with E-state index in [1.807, 2.05) is 19.1 Å². The van der Waals surface area contributed by atoms with Crippen LogP contribution in [0.5, 0.6) is 0 Å². The molecule has 0 bridgehead atoms. The van der Waals surface area contributed by atoms with Gasteiger partial charge in [0.05, 0.1) is 11.7 Å². The molecule has 0 atom stereocenters. The molecule has 1 rings (SSSR count). The molecule has 3 nitrogen and oxygen atoms in total. The van der Waals surface area contributed by atoms with Crippen LogP contribution in [0.25, 0.3) is 0 Å². The maximum Gasteiger partial charge on any atom is 0.0948 e. The topological polar surface area (TPSA) is 28.0 Å². The quantitative estimate of drug-likeness (QED) is 0.692. The highest BCUT2D eigenvalue weighted by Crippen LogP contribution is 2.19. The van der Waals surface area contributed by atoms with Crippen LogP contribution in [0.3, 0.4) is 0 Å². The Bertz CT molecular complexity index is 390. The fraction of sp³-hybridized carbons (Fsp3) is 0.500. The summed E-state index contributed by atoms with van der Waals surface area (Å²) in [4.78, 5) is 10.5. The number of nitrogens with zero attached hydrogens (tertiary/aromatic N) is 3. The molecular weight excluding hydrogens is 210 g/mol. The van der Waals surface area contributed by atoms with Crippen LogP contribution < -0.4 is 0 Å². The van der Waals surface area contributed by atoms with Crippen molar-refractivity contribution in [1.29, 1.82) is 0 Å². The van der Waals surface area contributed by atoms with Crippen molar-refractivity contribution in [2.75, 3.05) is 27.2 Å². The molecule has 0 heterocycles. The van der Waals surface area contributed by atoms with Crippen LogP contribution in [0.15, 0.2) is 34.3 Å². The third-order valence-corrected chi connectivity index (χ3v) is 2.44. The average Bonchev–Trinajstić information content (AvgIpc) is 2.31. The first-order valence-electron chi connectivity index (χ1n) is 6.09. The van der Waals surface area contributed by atoms with Gasteiger partial charge in [-0.1, -0.05) is 18.2 Å². The second-order valence-electron chi connectivity index (χ2n) is 4.22. The molecule has 0 aliphatic carbocycles. The Kier molecular flexibility index (Phi) is 6.23. The van der Waals surface area contributed by atoms with Gasteiger partial charge < -0.3 is 4.90 Å². The number of hydrogen-bond acceptors (Lipinski definition) is 3. The lowest BCUT2D eigenvalue weighted by atomic mass is 10.1. The van der Waals surface area contributed by atoms with E-state index >= 15 is 0 Å². The van der Waals surface area contributed by atoms with Crippen LogP contribution in [0.2, 0.25) is 0 Å². The summed E-state index contributed by atoms with van der Waals surface area (Å²) >= 11 is 0. The molecule has 1 aromatic carbocycles. The lowest BCUT2D eigenvalue weighted by Crippen LogP contribution is -2.13. The van der Waals surface area contributed by atoms with Crippen molar-refractivity contribution >= 4 is 11.7 Å². The maximum absolute atomic E-state index is 4.26. The highest BCUT2D eigenvalue weighted by molar-refractivity contribution is 5.56. The highest BCUT2D eigenvalue weighted by Gasteiger charge is 2.00. The van der Waals surface area contributed by atoms with Gasteiger partial charge >= 0.3 is 0 Å². The SMILES string of the molecule is CCN=C=Nc1ccccc1CCCN(C)C. The van der Waals surface area contributed by atoms with Gasteiger partial charge in [0.25, 0.3) is 0 Å². The van der Waals surface area contributed by atoms with Crippen LogP contribution in [0, 0.1) is 0 Å². The van der Waals surface area contributed by atoms with Gasteiger partial charge in [-0.15, -0.1) is 0 Å². The van der Waals surface area contributed by atoms with Gasteiger partial charge in [-0.05, 0) is 52.0 Å². The third kappa shape index (κ3) is 5.43. The van der Waals surface area contributed by atoms with E-state index in [-0.39, 0.29) is 0 Å². The highest BCUT2D eigenvalue weighted by atomic mass is 15.0. The van der Waals surface area contributed by atoms with Crippen molar-refractivity contribution in [2.45, 2.75) is 19.8 Å². The Morgan fingerprint density at radius 2 is 2.00 bits per heavy atom. The van der Waals surface area contributed by atoms with Crippen molar-refractivity contribution < 1.29 is 0 Å². The number of benzene rings is 1. The van der Waals surface area contributed by atoms with Crippen molar-refractivity contribution in [1.82, 2.24) is 4.90 Å². The average molecular weight is 231 g/mol. The fourth-order valence-electron chi connectivity index (χ4n) is 1.58. The molecule has 0 aromatic heterocycles. The van der Waals surface area contributed by atoms with E-state index in [9.17, 15) is 0 Å². The third-order valence-electron chi connectivity index (χ3n) is 2.44. The molecule has 0 fully saturated rings. The first-order chi connectivity index (χ1) is 8.24. The van der Waals surface area contributed by atoms with E-state index in [1.165, 1.54) is 5.56 Å². The molecule has 3 heteroatoms. The number of rotatable bonds is 6. The molecule has 0 aliphatic heterocycles. The summed E-state index contributed by atoms with van der Waals surface area (Å²) in [5.74, 6) is 0. The van der Waals surface area contributed by atoms with Gasteiger partial charge in [0, 0.05) is 6.54 Å². The molecule has 0 saturated carbocycles. The minimum atomic E-state index is 0.728. The first kappa shape index (κ1) is 13.6. The predicted molar refractivity (Wildman–Crippen MR) is 73.4 cm³/mol. The molecule has 0 spiro atoms. The van der Waals surface area contributed by atoms with Crippen molar-refractivity contribution in [3.63, 3.8) is 0 Å². The van der Waals surface area contributed by atoms with E-state index in [4.69, 9.17) is 0 Å². The molecule has 17 heavy (non-hydrogen) atoms. The number of aryl methyl sites for hydroxylation is 1. The van der Waals surface area contributed by atoms with Gasteiger partial charge in [0.15, 0.2) is 0 Å². The molecule has 0 unspecified atom stereocenters. The van der Waals surface area contributed by atoms with Crippen LogP contribution in [0.4, 0.5) is 5.69 Å². The first-order valence-corrected chi connectivity index (χ1v) is 6.09. The zero-order chi connectivity index (χ0) is 12.5. The Morgan fingerprint density at radius 3 is 2.71 bits per heavy atom. The number of aliphatic imine (C=N–C) groups is 2. The van der Waals surface area contributed by atoms with E-state index in [0.717, 1.165) is 31.6 Å². The minimum absolute atomic E-state index is 0.728. The van der Waals surface area contributed by atoms with Crippen molar-refractivity contribution in [3.05, 3.63) is 29.8 Å². The van der Waals surface area contributed by atoms with E-state index in [2.05, 4.69) is 47.1 Å². The summed E-state index contributed by atoms with van der Waals surface area (Å²) in [5, 5.41) is 0. The van der Waals surface area contributed by atoms with Gasteiger partial charge in [0.2, 0.25) is 0 Å². The standard InChI is InChI=1S/C14H21N3/c1-4-15-12-16-14-10-6-5-8-13(14)9-7-11-17(2)3/h5-6,8,10H,4,7,9,11H2,1-3H3. The fourth-order valence-corrected chi connectivity index (χ4v) is 1.58. The largest absolute Gasteiger partial charge is 0.309 e. The van der Waals surface area contributed by atoms with E-state index in [0.29, 0.717) is 0 Å². The summed E-state index contributed by atoms with van der Waals surface area (Å²) in [7, 11) is 4.19. The molecule has 0 N–H and O–H groups in total. The molecule has 92 valence electrons. The monoisotopic (exact) mass is 231 g/mol. The Morgan fingerprint density at radius 1 is 1.24 bits per heavy atom. The Balaban J connectivity index is 2.67. The molecule has 1 aromatic rings. The summed E-state index contributed by atoms with van der Waals surface area (Å²) in [6.45, 7) is 3.80. The van der Waals surface area contributed by atoms with Crippen LogP contribution in [-0.2, 0) is 6.42 Å². The second kappa shape index (κ2) is 7.77. The van der Waals surface area contributed by atoms with Crippen molar-refractivity contribution in [3.8, 4) is 0 Å². The van der Waals surface area contributed by atoms with E-state index < -0.39 is 0 Å². The lowest BCUT2D eigenvalue weighted by Gasteiger charge is -2.09. The van der Waals surface area contributed by atoms with Crippen LogP contribution in [0.1, 0.15) is 18.9 Å². The maximum atomic E-state index is 4.26. The molecule has 0 amide bonds. The summed E-state index contributed by atoms with van der Waals surface area (Å²) < 4.78 is 0.